The third-order valence-corrected chi connectivity index (χ3v) is 4.08. The van der Waals surface area contributed by atoms with Gasteiger partial charge < -0.3 is 10.5 Å². The van der Waals surface area contributed by atoms with E-state index in [2.05, 4.69) is 17.9 Å². The third kappa shape index (κ3) is 3.50. The first-order valence-corrected chi connectivity index (χ1v) is 7.19. The molecule has 4 nitrogen and oxygen atoms in total. The summed E-state index contributed by atoms with van der Waals surface area (Å²) in [5, 5.41) is 9.13. The second kappa shape index (κ2) is 6.74. The Hall–Kier alpha value is -1.57. The van der Waals surface area contributed by atoms with E-state index < -0.39 is 0 Å². The number of piperidine rings is 1. The van der Waals surface area contributed by atoms with Crippen LogP contribution >= 0.6 is 0 Å². The average molecular weight is 273 g/mol. The maximum atomic E-state index is 9.13. The Kier molecular flexibility index (Phi) is 4.99. The molecule has 2 unspecified atom stereocenters. The highest BCUT2D eigenvalue weighted by Crippen LogP contribution is 2.23. The number of ether oxygens (including phenoxy) is 1. The molecule has 2 atom stereocenters. The van der Waals surface area contributed by atoms with Gasteiger partial charge in [-0.05, 0) is 49.9 Å². The zero-order chi connectivity index (χ0) is 14.5. The number of nitriles is 1. The largest absolute Gasteiger partial charge is 0.495 e. The minimum atomic E-state index is 0.253. The number of likely N-dealkylation sites (tertiary alicyclic amines) is 1. The summed E-state index contributed by atoms with van der Waals surface area (Å²) in [6.45, 7) is 5.12. The summed E-state index contributed by atoms with van der Waals surface area (Å²) in [6, 6.07) is 8.28. The number of benzene rings is 1. The summed E-state index contributed by atoms with van der Waals surface area (Å²) in [5.74, 6) is 1.22. The maximum absolute atomic E-state index is 9.13. The van der Waals surface area contributed by atoms with Crippen molar-refractivity contribution in [3.63, 3.8) is 0 Å². The standard InChI is InChI=1S/C16H23N3O/c1-12(18)14-4-3-7-19(11-14)10-13-5-6-16(20-2)15(8-13)9-17/h5-6,8,12,14H,3-4,7,10-11,18H2,1-2H3. The van der Waals surface area contributed by atoms with Crippen LogP contribution in [0.2, 0.25) is 0 Å². The molecule has 1 aromatic carbocycles. The molecule has 1 heterocycles. The van der Waals surface area contributed by atoms with E-state index in [1.807, 2.05) is 18.2 Å². The molecule has 0 bridgehead atoms. The number of nitrogens with zero attached hydrogens (tertiary/aromatic N) is 2. The number of nitrogens with two attached hydrogens (primary N) is 1. The predicted octanol–water partition coefficient (Wildman–Crippen LogP) is 2.13. The zero-order valence-electron chi connectivity index (χ0n) is 12.3. The van der Waals surface area contributed by atoms with Gasteiger partial charge in [0.25, 0.3) is 0 Å². The Bertz CT molecular complexity index is 493. The van der Waals surface area contributed by atoms with Crippen LogP contribution in [0.25, 0.3) is 0 Å². The first-order chi connectivity index (χ1) is 9.63. The molecule has 0 saturated carbocycles. The monoisotopic (exact) mass is 273 g/mol. The van der Waals surface area contributed by atoms with E-state index >= 15 is 0 Å². The predicted molar refractivity (Wildman–Crippen MR) is 79.4 cm³/mol. The van der Waals surface area contributed by atoms with Crippen LogP contribution in [0.1, 0.15) is 30.9 Å². The van der Waals surface area contributed by atoms with Gasteiger partial charge in [-0.15, -0.1) is 0 Å². The van der Waals surface area contributed by atoms with Crippen molar-refractivity contribution in [2.45, 2.75) is 32.4 Å². The molecule has 0 radical (unpaired) electrons. The van der Waals surface area contributed by atoms with E-state index in [0.717, 1.165) is 25.2 Å². The van der Waals surface area contributed by atoms with Gasteiger partial charge in [0.15, 0.2) is 0 Å². The van der Waals surface area contributed by atoms with Gasteiger partial charge in [-0.1, -0.05) is 6.07 Å². The van der Waals surface area contributed by atoms with Crippen molar-refractivity contribution < 1.29 is 4.74 Å². The lowest BCUT2D eigenvalue weighted by Gasteiger charge is -2.34. The summed E-state index contributed by atoms with van der Waals surface area (Å²) in [7, 11) is 1.59. The van der Waals surface area contributed by atoms with Gasteiger partial charge in [-0.3, -0.25) is 4.90 Å². The molecule has 20 heavy (non-hydrogen) atoms. The van der Waals surface area contributed by atoms with E-state index in [4.69, 9.17) is 15.7 Å². The molecular weight excluding hydrogens is 250 g/mol. The lowest BCUT2D eigenvalue weighted by Crippen LogP contribution is -2.41. The van der Waals surface area contributed by atoms with Gasteiger partial charge in [0.2, 0.25) is 0 Å². The Labute approximate surface area is 121 Å². The van der Waals surface area contributed by atoms with E-state index in [-0.39, 0.29) is 6.04 Å². The normalized spacial score (nSPS) is 21.2. The third-order valence-electron chi connectivity index (χ3n) is 4.08. The molecule has 2 N–H and O–H groups in total. The van der Waals surface area contributed by atoms with E-state index in [1.54, 1.807) is 7.11 Å². The first kappa shape index (κ1) is 14.8. The molecule has 4 heteroatoms. The molecule has 0 spiro atoms. The summed E-state index contributed by atoms with van der Waals surface area (Å²) < 4.78 is 5.18. The van der Waals surface area contributed by atoms with Gasteiger partial charge in [0.05, 0.1) is 12.7 Å². The number of rotatable bonds is 4. The first-order valence-electron chi connectivity index (χ1n) is 7.19. The Morgan fingerprint density at radius 1 is 1.55 bits per heavy atom. The van der Waals surface area contributed by atoms with Crippen LogP contribution in [0.5, 0.6) is 5.75 Å². The summed E-state index contributed by atoms with van der Waals surface area (Å²) >= 11 is 0. The van der Waals surface area contributed by atoms with Crippen LogP contribution in [0, 0.1) is 17.2 Å². The maximum Gasteiger partial charge on any atom is 0.136 e. The molecule has 1 fully saturated rings. The molecular formula is C16H23N3O. The molecule has 1 saturated heterocycles. The van der Waals surface area contributed by atoms with Crippen LogP contribution in [-0.2, 0) is 6.54 Å². The fourth-order valence-electron chi connectivity index (χ4n) is 2.86. The minimum absolute atomic E-state index is 0.253. The van der Waals surface area contributed by atoms with Gasteiger partial charge >= 0.3 is 0 Å². The van der Waals surface area contributed by atoms with Gasteiger partial charge in [0.1, 0.15) is 11.8 Å². The Balaban J connectivity index is 2.05. The molecule has 1 aliphatic heterocycles. The van der Waals surface area contributed by atoms with Crippen LogP contribution in [0.15, 0.2) is 18.2 Å². The highest BCUT2D eigenvalue weighted by Gasteiger charge is 2.22. The molecule has 0 amide bonds. The number of methoxy groups -OCH3 is 1. The zero-order valence-corrected chi connectivity index (χ0v) is 12.3. The Morgan fingerprint density at radius 3 is 3.00 bits per heavy atom. The second-order valence-electron chi connectivity index (χ2n) is 5.64. The Morgan fingerprint density at radius 2 is 2.35 bits per heavy atom. The smallest absolute Gasteiger partial charge is 0.136 e. The van der Waals surface area contributed by atoms with Crippen molar-refractivity contribution in [1.29, 1.82) is 5.26 Å². The van der Waals surface area contributed by atoms with E-state index in [9.17, 15) is 0 Å². The topological polar surface area (TPSA) is 62.3 Å². The van der Waals surface area contributed by atoms with Gasteiger partial charge in [-0.2, -0.15) is 5.26 Å². The van der Waals surface area contributed by atoms with Crippen molar-refractivity contribution >= 4 is 0 Å². The van der Waals surface area contributed by atoms with Gasteiger partial charge in [0, 0.05) is 19.1 Å². The highest BCUT2D eigenvalue weighted by atomic mass is 16.5. The fourth-order valence-corrected chi connectivity index (χ4v) is 2.86. The highest BCUT2D eigenvalue weighted by molar-refractivity contribution is 5.45. The van der Waals surface area contributed by atoms with Crippen LogP contribution in [-0.4, -0.2) is 31.1 Å². The van der Waals surface area contributed by atoms with Crippen molar-refractivity contribution in [2.75, 3.05) is 20.2 Å². The lowest BCUT2D eigenvalue weighted by molar-refractivity contribution is 0.154. The number of hydrogen-bond acceptors (Lipinski definition) is 4. The molecule has 0 aromatic heterocycles. The van der Waals surface area contributed by atoms with E-state index in [1.165, 1.54) is 12.8 Å². The van der Waals surface area contributed by atoms with Crippen molar-refractivity contribution in [3.8, 4) is 11.8 Å². The summed E-state index contributed by atoms with van der Waals surface area (Å²) in [6.07, 6.45) is 2.42. The number of hydrogen-bond donors (Lipinski definition) is 1. The quantitative estimate of drug-likeness (QED) is 0.913. The minimum Gasteiger partial charge on any atom is -0.495 e. The lowest BCUT2D eigenvalue weighted by atomic mass is 9.92. The molecule has 2 rings (SSSR count). The fraction of sp³-hybridized carbons (Fsp3) is 0.562. The summed E-state index contributed by atoms with van der Waals surface area (Å²) in [5.41, 5.74) is 7.78. The van der Waals surface area contributed by atoms with Crippen LogP contribution < -0.4 is 10.5 Å². The summed E-state index contributed by atoms with van der Waals surface area (Å²) in [4.78, 5) is 2.43. The van der Waals surface area contributed by atoms with E-state index in [0.29, 0.717) is 17.2 Å². The van der Waals surface area contributed by atoms with Crippen LogP contribution in [0.3, 0.4) is 0 Å². The molecule has 0 aliphatic carbocycles. The average Bonchev–Trinajstić information content (AvgIpc) is 2.47. The van der Waals surface area contributed by atoms with Crippen molar-refractivity contribution in [3.05, 3.63) is 29.3 Å². The van der Waals surface area contributed by atoms with Crippen molar-refractivity contribution in [2.24, 2.45) is 11.7 Å². The molecule has 1 aliphatic rings. The SMILES string of the molecule is COc1ccc(CN2CCCC(C(C)N)C2)cc1C#N. The molecule has 108 valence electrons. The van der Waals surface area contributed by atoms with Gasteiger partial charge in [-0.25, -0.2) is 0 Å². The van der Waals surface area contributed by atoms with Crippen molar-refractivity contribution in [1.82, 2.24) is 4.90 Å². The molecule has 1 aromatic rings. The van der Waals surface area contributed by atoms with Crippen LogP contribution in [0.4, 0.5) is 0 Å². The second-order valence-corrected chi connectivity index (χ2v) is 5.64.